The van der Waals surface area contributed by atoms with Crippen molar-refractivity contribution in [2.75, 3.05) is 0 Å². The summed E-state index contributed by atoms with van der Waals surface area (Å²) in [4.78, 5) is 3.91. The van der Waals surface area contributed by atoms with E-state index in [9.17, 15) is 57.9 Å². The number of hydrogen-bond acceptors (Lipinski definition) is 1. The van der Waals surface area contributed by atoms with Crippen molar-refractivity contribution in [2.45, 2.75) is 52.4 Å². The number of fused-ring (bicyclic) bond motifs is 6. The Kier molecular flexibility index (Phi) is 13.3. The van der Waals surface area contributed by atoms with Crippen LogP contribution in [0, 0.1) is 45.6 Å². The monoisotopic (exact) mass is 1170 g/mol. The van der Waals surface area contributed by atoms with Crippen molar-refractivity contribution in [3.8, 4) is 73.1 Å². The van der Waals surface area contributed by atoms with E-state index in [0.717, 1.165) is 48.5 Å². The Morgan fingerprint density at radius 1 is 0.326 bits per heavy atom. The van der Waals surface area contributed by atoms with E-state index < -0.39 is 47.0 Å². The van der Waals surface area contributed by atoms with Gasteiger partial charge in [-0.15, -0.1) is 0 Å². The summed E-state index contributed by atoms with van der Waals surface area (Å²) in [5.41, 5.74) is 3.98. The van der Waals surface area contributed by atoms with Crippen LogP contribution in [0.3, 0.4) is 0 Å². The summed E-state index contributed by atoms with van der Waals surface area (Å²) in [5, 5.41) is 13.3. The molecule has 16 heteroatoms. The Morgan fingerprint density at radius 2 is 0.593 bits per heavy atom. The van der Waals surface area contributed by atoms with E-state index in [4.69, 9.17) is 6.57 Å². The van der Waals surface area contributed by atoms with Crippen molar-refractivity contribution >= 4 is 49.3 Å². The summed E-state index contributed by atoms with van der Waals surface area (Å²) in [7, 11) is 0. The highest BCUT2D eigenvalue weighted by Crippen LogP contribution is 2.45. The average molecular weight is 1170 g/mol. The predicted octanol–water partition coefficient (Wildman–Crippen LogP) is 21.9. The van der Waals surface area contributed by atoms with E-state index in [1.165, 1.54) is 0 Å². The molecule has 10 aromatic carbocycles. The fourth-order valence-electron chi connectivity index (χ4n) is 11.7. The van der Waals surface area contributed by atoms with Gasteiger partial charge in [0.2, 0.25) is 5.69 Å². The molecule has 0 unspecified atom stereocenters. The van der Waals surface area contributed by atoms with Crippen LogP contribution in [-0.2, 0) is 24.7 Å². The molecular formula is C70H42F12N4. The van der Waals surface area contributed by atoms with Crippen LogP contribution in [0.1, 0.15) is 50.1 Å². The van der Waals surface area contributed by atoms with Gasteiger partial charge in [0.05, 0.1) is 67.8 Å². The highest BCUT2D eigenvalue weighted by molar-refractivity contribution is 6.13. The van der Waals surface area contributed by atoms with E-state index in [1.807, 2.05) is 0 Å². The summed E-state index contributed by atoms with van der Waals surface area (Å²) in [6.07, 6.45) is -18.7. The third-order valence-corrected chi connectivity index (χ3v) is 15.5. The van der Waals surface area contributed by atoms with E-state index in [0.29, 0.717) is 99.2 Å². The van der Waals surface area contributed by atoms with Gasteiger partial charge < -0.3 is 9.13 Å². The molecule has 0 bridgehead atoms. The molecule has 426 valence electrons. The van der Waals surface area contributed by atoms with Crippen molar-refractivity contribution in [3.63, 3.8) is 0 Å². The second kappa shape index (κ2) is 20.3. The zero-order valence-corrected chi connectivity index (χ0v) is 45.6. The van der Waals surface area contributed by atoms with Crippen LogP contribution >= 0.6 is 0 Å². The standard InChI is InChI=1S/C70H42F12N4/c1-37-18-48(26-52(22-37)67(71,72)73)43-8-13-56-57-14-9-44(49-19-38(2)23-53(27-49)68(74,75)76)32-63(57)85(62(56)31-43)61-30-41(6-7-47(61)36-83)42-12-17-60(84-5)66(35-42)86-64-33-45(50-20-39(3)24-54(28-50)69(77,78)79)10-15-58(64)59-16-11-46(34-65(59)86)51-21-40(4)25-55(29-51)70(80,81)82/h6-35H,1-4H3. The molecule has 0 aliphatic carbocycles. The molecule has 0 fully saturated rings. The summed E-state index contributed by atoms with van der Waals surface area (Å²) in [6, 6.07) is 47.4. The Bertz CT molecular complexity index is 4350. The molecule has 0 saturated heterocycles. The number of benzene rings is 10. The van der Waals surface area contributed by atoms with Crippen LogP contribution < -0.4 is 0 Å². The fraction of sp³-hybridized carbons (Fsp3) is 0.114. The number of halogens is 12. The first-order valence-electron chi connectivity index (χ1n) is 26.6. The summed E-state index contributed by atoms with van der Waals surface area (Å²) >= 11 is 0. The number of alkyl halides is 12. The van der Waals surface area contributed by atoms with Gasteiger partial charge in [-0.05, 0) is 197 Å². The zero-order valence-electron chi connectivity index (χ0n) is 45.6. The minimum absolute atomic E-state index is 0.110. The van der Waals surface area contributed by atoms with Crippen LogP contribution in [0.5, 0.6) is 0 Å². The van der Waals surface area contributed by atoms with Gasteiger partial charge in [-0.1, -0.05) is 91.0 Å². The largest absolute Gasteiger partial charge is 0.416 e. The molecule has 86 heavy (non-hydrogen) atoms. The Labute approximate surface area is 483 Å². The van der Waals surface area contributed by atoms with Crippen molar-refractivity contribution in [1.82, 2.24) is 9.13 Å². The van der Waals surface area contributed by atoms with Crippen LogP contribution in [-0.4, -0.2) is 9.13 Å². The lowest BCUT2D eigenvalue weighted by molar-refractivity contribution is -0.138. The van der Waals surface area contributed by atoms with Crippen LogP contribution in [0.4, 0.5) is 58.4 Å². The van der Waals surface area contributed by atoms with E-state index in [2.05, 4.69) is 10.9 Å². The van der Waals surface area contributed by atoms with Gasteiger partial charge in [-0.3, -0.25) is 0 Å². The molecule has 12 rings (SSSR count). The van der Waals surface area contributed by atoms with Gasteiger partial charge >= 0.3 is 24.7 Å². The molecule has 4 nitrogen and oxygen atoms in total. The normalized spacial score (nSPS) is 12.4. The SMILES string of the molecule is [C-]#[N+]c1ccc(-c2ccc(C#N)c(-n3c4cc(-c5cc(C)cc(C(F)(F)F)c5)ccc4c4ccc(-c5cc(C)cc(C(F)(F)F)c5)cc43)c2)cc1-n1c2cc(-c3cc(C)cc(C(F)(F)F)c3)ccc2c2ccc(-c3cc(C)cc(C(F)(F)F)c3)cc21. The second-order valence-electron chi connectivity index (χ2n) is 21.6. The molecule has 12 aromatic rings. The summed E-state index contributed by atoms with van der Waals surface area (Å²) in [6.45, 7) is 14.7. The Morgan fingerprint density at radius 3 is 0.884 bits per heavy atom. The first-order valence-corrected chi connectivity index (χ1v) is 26.6. The molecule has 0 saturated carbocycles. The number of nitriles is 1. The molecule has 0 N–H and O–H groups in total. The highest BCUT2D eigenvalue weighted by atomic mass is 19.4. The molecule has 2 aromatic heterocycles. The highest BCUT2D eigenvalue weighted by Gasteiger charge is 2.34. The topological polar surface area (TPSA) is 38.0 Å². The lowest BCUT2D eigenvalue weighted by atomic mass is 9.98. The van der Waals surface area contributed by atoms with Crippen LogP contribution in [0.15, 0.2) is 182 Å². The van der Waals surface area contributed by atoms with E-state index in [1.54, 1.807) is 170 Å². The maximum Gasteiger partial charge on any atom is 0.416 e. The van der Waals surface area contributed by atoms with E-state index >= 15 is 0 Å². The van der Waals surface area contributed by atoms with Gasteiger partial charge in [0.1, 0.15) is 6.07 Å². The predicted molar refractivity (Wildman–Crippen MR) is 312 cm³/mol. The quantitative estimate of drug-likeness (QED) is 0.116. The van der Waals surface area contributed by atoms with Crippen LogP contribution in [0.25, 0.3) is 115 Å². The number of nitrogens with zero attached hydrogens (tertiary/aromatic N) is 4. The smallest absolute Gasteiger partial charge is 0.319 e. The molecule has 0 spiro atoms. The summed E-state index contributed by atoms with van der Waals surface area (Å²) < 4.78 is 175. The molecule has 0 aliphatic rings. The van der Waals surface area contributed by atoms with Crippen molar-refractivity contribution < 1.29 is 52.7 Å². The van der Waals surface area contributed by atoms with E-state index in [-0.39, 0.29) is 44.9 Å². The van der Waals surface area contributed by atoms with Gasteiger partial charge in [0.15, 0.2) is 0 Å². The number of aryl methyl sites for hydroxylation is 4. The summed E-state index contributed by atoms with van der Waals surface area (Å²) in [5.74, 6) is 0. The van der Waals surface area contributed by atoms with Crippen LogP contribution in [0.2, 0.25) is 0 Å². The van der Waals surface area contributed by atoms with Gasteiger partial charge in [0.25, 0.3) is 0 Å². The number of hydrogen-bond donors (Lipinski definition) is 0. The zero-order chi connectivity index (χ0) is 61.1. The number of aromatic nitrogens is 2. The minimum atomic E-state index is -4.67. The second-order valence-corrected chi connectivity index (χ2v) is 21.6. The number of rotatable bonds is 7. The molecule has 0 aliphatic heterocycles. The van der Waals surface area contributed by atoms with Gasteiger partial charge in [-0.25, -0.2) is 4.85 Å². The Hall–Kier alpha value is -10.1. The minimum Gasteiger partial charge on any atom is -0.319 e. The molecule has 0 atom stereocenters. The first kappa shape index (κ1) is 56.4. The molecule has 0 radical (unpaired) electrons. The maximum atomic E-state index is 14.3. The Balaban J connectivity index is 1.11. The molecule has 0 amide bonds. The van der Waals surface area contributed by atoms with Crippen molar-refractivity contribution in [3.05, 3.63) is 243 Å². The fourth-order valence-corrected chi connectivity index (χ4v) is 11.7. The average Bonchev–Trinajstić information content (AvgIpc) is 3.04. The molecular weight excluding hydrogens is 1120 g/mol. The van der Waals surface area contributed by atoms with Crippen molar-refractivity contribution in [2.24, 2.45) is 0 Å². The third kappa shape index (κ3) is 10.2. The van der Waals surface area contributed by atoms with Gasteiger partial charge in [0, 0.05) is 21.5 Å². The lowest BCUT2D eigenvalue weighted by Gasteiger charge is -2.16. The van der Waals surface area contributed by atoms with Crippen molar-refractivity contribution in [1.29, 1.82) is 5.26 Å². The lowest BCUT2D eigenvalue weighted by Crippen LogP contribution is -2.05. The molecule has 2 heterocycles. The van der Waals surface area contributed by atoms with Gasteiger partial charge in [-0.2, -0.15) is 57.9 Å². The third-order valence-electron chi connectivity index (χ3n) is 15.5. The first-order chi connectivity index (χ1) is 40.6. The maximum absolute atomic E-state index is 14.3.